The van der Waals surface area contributed by atoms with E-state index in [0.29, 0.717) is 12.4 Å². The number of piperidine rings is 1. The van der Waals surface area contributed by atoms with Crippen molar-refractivity contribution >= 4 is 17.8 Å². The fourth-order valence-electron chi connectivity index (χ4n) is 2.20. The molecule has 1 fully saturated rings. The Balaban J connectivity index is 2.00. The van der Waals surface area contributed by atoms with Gasteiger partial charge in [0.2, 0.25) is 0 Å². The van der Waals surface area contributed by atoms with Crippen LogP contribution in [0.3, 0.4) is 0 Å². The van der Waals surface area contributed by atoms with Gasteiger partial charge in [0.15, 0.2) is 5.69 Å². The van der Waals surface area contributed by atoms with Crippen molar-refractivity contribution in [3.8, 4) is 0 Å². The van der Waals surface area contributed by atoms with Crippen LogP contribution in [0.15, 0.2) is 12.4 Å². The number of carbonyl (C=O) groups excluding carboxylic acids is 1. The minimum absolute atomic E-state index is 0.0506. The summed E-state index contributed by atoms with van der Waals surface area (Å²) in [4.78, 5) is 33.9. The lowest BCUT2D eigenvalue weighted by atomic mass is 10.1. The third-order valence-electron chi connectivity index (χ3n) is 3.34. The molecule has 1 aromatic rings. The number of carboxylic acids is 1. The molecule has 21 heavy (non-hydrogen) atoms. The molecule has 0 radical (unpaired) electrons. The lowest BCUT2D eigenvalue weighted by Crippen LogP contribution is -2.50. The van der Waals surface area contributed by atoms with E-state index in [2.05, 4.69) is 15.3 Å². The summed E-state index contributed by atoms with van der Waals surface area (Å²) in [5.74, 6) is -0.465. The highest BCUT2D eigenvalue weighted by molar-refractivity contribution is 5.84. The van der Waals surface area contributed by atoms with E-state index in [0.717, 1.165) is 19.4 Å². The number of hydrogen-bond acceptors (Lipinski definition) is 5. The largest absolute Gasteiger partial charge is 0.476 e. The van der Waals surface area contributed by atoms with E-state index in [4.69, 9.17) is 5.11 Å². The van der Waals surface area contributed by atoms with Crippen molar-refractivity contribution < 1.29 is 14.7 Å². The van der Waals surface area contributed by atoms with E-state index in [9.17, 15) is 9.59 Å². The molecule has 1 atom stereocenters. The summed E-state index contributed by atoms with van der Waals surface area (Å²) in [6.07, 6.45) is 4.55. The van der Waals surface area contributed by atoms with Crippen molar-refractivity contribution in [2.75, 3.05) is 32.1 Å². The Kier molecular flexibility index (Phi) is 4.56. The highest BCUT2D eigenvalue weighted by atomic mass is 16.4. The van der Waals surface area contributed by atoms with Crippen LogP contribution in [0.5, 0.6) is 0 Å². The molecule has 0 saturated carbocycles. The molecule has 2 rings (SSSR count). The third kappa shape index (κ3) is 3.80. The molecule has 2 N–H and O–H groups in total. The van der Waals surface area contributed by atoms with Crippen LogP contribution in [0.4, 0.5) is 10.6 Å². The van der Waals surface area contributed by atoms with Crippen molar-refractivity contribution in [2.45, 2.75) is 18.9 Å². The molecule has 0 aliphatic carbocycles. The van der Waals surface area contributed by atoms with Crippen molar-refractivity contribution in [1.29, 1.82) is 0 Å². The van der Waals surface area contributed by atoms with Gasteiger partial charge in [0, 0.05) is 33.2 Å². The monoisotopic (exact) mass is 293 g/mol. The zero-order valence-electron chi connectivity index (χ0n) is 12.1. The number of amides is 2. The molecule has 1 aliphatic rings. The Hall–Kier alpha value is -2.38. The van der Waals surface area contributed by atoms with Crippen LogP contribution in [0.1, 0.15) is 23.3 Å². The molecule has 1 aromatic heterocycles. The van der Waals surface area contributed by atoms with Gasteiger partial charge in [-0.05, 0) is 12.8 Å². The van der Waals surface area contributed by atoms with Crippen molar-refractivity contribution in [1.82, 2.24) is 20.2 Å². The molecule has 8 nitrogen and oxygen atoms in total. The second-order valence-electron chi connectivity index (χ2n) is 5.19. The summed E-state index contributed by atoms with van der Waals surface area (Å²) in [6.45, 7) is 1.45. The molecular formula is C13H19N5O3. The van der Waals surface area contributed by atoms with E-state index in [1.165, 1.54) is 17.3 Å². The number of urea groups is 1. The molecule has 0 bridgehead atoms. The number of carbonyl (C=O) groups is 2. The highest BCUT2D eigenvalue weighted by Gasteiger charge is 2.23. The molecule has 0 spiro atoms. The van der Waals surface area contributed by atoms with Gasteiger partial charge in [0.05, 0.1) is 12.4 Å². The smallest absolute Gasteiger partial charge is 0.356 e. The van der Waals surface area contributed by atoms with Crippen LogP contribution < -0.4 is 10.2 Å². The quantitative estimate of drug-likeness (QED) is 0.837. The molecule has 1 saturated heterocycles. The fourth-order valence-corrected chi connectivity index (χ4v) is 2.20. The number of hydrogen-bond donors (Lipinski definition) is 2. The van der Waals surface area contributed by atoms with Crippen LogP contribution in [0, 0.1) is 0 Å². The summed E-state index contributed by atoms with van der Waals surface area (Å²) in [6, 6.07) is -0.0660. The minimum atomic E-state index is -1.09. The van der Waals surface area contributed by atoms with Crippen LogP contribution in [0.25, 0.3) is 0 Å². The standard InChI is InChI=1S/C13H19N5O3/c1-17(2)13(21)16-9-4-3-5-18(8-9)11-7-14-10(6-15-11)12(19)20/h6-7,9H,3-5,8H2,1-2H3,(H,16,21)(H,19,20). The molecular weight excluding hydrogens is 274 g/mol. The number of nitrogens with one attached hydrogen (secondary N) is 1. The molecule has 114 valence electrons. The Morgan fingerprint density at radius 1 is 1.38 bits per heavy atom. The number of nitrogens with zero attached hydrogens (tertiary/aromatic N) is 4. The Morgan fingerprint density at radius 3 is 2.71 bits per heavy atom. The summed E-state index contributed by atoms with van der Waals surface area (Å²) >= 11 is 0. The van der Waals surface area contributed by atoms with E-state index < -0.39 is 5.97 Å². The van der Waals surface area contributed by atoms with E-state index >= 15 is 0 Å². The number of rotatable bonds is 3. The minimum Gasteiger partial charge on any atom is -0.476 e. The van der Waals surface area contributed by atoms with Gasteiger partial charge in [-0.15, -0.1) is 0 Å². The second kappa shape index (κ2) is 6.38. The van der Waals surface area contributed by atoms with Crippen LogP contribution in [0.2, 0.25) is 0 Å². The maximum absolute atomic E-state index is 11.7. The Morgan fingerprint density at radius 2 is 2.14 bits per heavy atom. The third-order valence-corrected chi connectivity index (χ3v) is 3.34. The fraction of sp³-hybridized carbons (Fsp3) is 0.538. The van der Waals surface area contributed by atoms with Crippen molar-refractivity contribution in [3.05, 3.63) is 18.1 Å². The summed E-state index contributed by atoms with van der Waals surface area (Å²) in [7, 11) is 3.40. The first-order valence-electron chi connectivity index (χ1n) is 6.75. The van der Waals surface area contributed by atoms with Gasteiger partial charge in [-0.3, -0.25) is 0 Å². The van der Waals surface area contributed by atoms with Gasteiger partial charge in [0.25, 0.3) is 0 Å². The van der Waals surface area contributed by atoms with Crippen LogP contribution >= 0.6 is 0 Å². The first kappa shape index (κ1) is 15.0. The predicted octanol–water partition coefficient (Wildman–Crippen LogP) is 0.415. The maximum atomic E-state index is 11.7. The molecule has 1 unspecified atom stereocenters. The summed E-state index contributed by atoms with van der Waals surface area (Å²) in [5.41, 5.74) is -0.0757. The zero-order chi connectivity index (χ0) is 15.4. The average Bonchev–Trinajstić information content (AvgIpc) is 2.47. The van der Waals surface area contributed by atoms with E-state index in [-0.39, 0.29) is 17.8 Å². The van der Waals surface area contributed by atoms with Gasteiger partial charge in [-0.2, -0.15) is 0 Å². The van der Waals surface area contributed by atoms with Gasteiger partial charge in [-0.1, -0.05) is 0 Å². The van der Waals surface area contributed by atoms with E-state index in [1.807, 2.05) is 4.90 Å². The first-order valence-corrected chi connectivity index (χ1v) is 6.75. The first-order chi connectivity index (χ1) is 9.97. The van der Waals surface area contributed by atoms with Crippen LogP contribution in [-0.2, 0) is 0 Å². The zero-order valence-corrected chi connectivity index (χ0v) is 12.1. The van der Waals surface area contributed by atoms with Gasteiger partial charge in [-0.25, -0.2) is 19.6 Å². The molecule has 0 aromatic carbocycles. The normalized spacial score (nSPS) is 18.2. The number of aromatic nitrogens is 2. The maximum Gasteiger partial charge on any atom is 0.356 e. The average molecular weight is 293 g/mol. The van der Waals surface area contributed by atoms with Crippen LogP contribution in [-0.4, -0.2) is 65.2 Å². The molecule has 1 aliphatic heterocycles. The number of anilines is 1. The van der Waals surface area contributed by atoms with Crippen molar-refractivity contribution in [2.24, 2.45) is 0 Å². The van der Waals surface area contributed by atoms with E-state index in [1.54, 1.807) is 14.1 Å². The molecule has 2 amide bonds. The Bertz CT molecular complexity index is 517. The summed E-state index contributed by atoms with van der Waals surface area (Å²) < 4.78 is 0. The molecule has 2 heterocycles. The molecule has 8 heteroatoms. The highest BCUT2D eigenvalue weighted by Crippen LogP contribution is 2.17. The summed E-state index contributed by atoms with van der Waals surface area (Å²) in [5, 5.41) is 11.8. The van der Waals surface area contributed by atoms with Gasteiger partial charge >= 0.3 is 12.0 Å². The van der Waals surface area contributed by atoms with Crippen molar-refractivity contribution in [3.63, 3.8) is 0 Å². The topological polar surface area (TPSA) is 98.7 Å². The SMILES string of the molecule is CN(C)C(=O)NC1CCCN(c2cnc(C(=O)O)cn2)C1. The predicted molar refractivity (Wildman–Crippen MR) is 76.4 cm³/mol. The number of carboxylic acid groups (broad SMARTS) is 1. The Labute approximate surface area is 122 Å². The lowest BCUT2D eigenvalue weighted by molar-refractivity contribution is 0.0690. The van der Waals surface area contributed by atoms with Gasteiger partial charge in [0.1, 0.15) is 5.82 Å². The lowest BCUT2D eigenvalue weighted by Gasteiger charge is -2.34. The number of aromatic carboxylic acids is 1. The second-order valence-corrected chi connectivity index (χ2v) is 5.19. The van der Waals surface area contributed by atoms with Gasteiger partial charge < -0.3 is 20.2 Å².